The molecule has 4 heteroatoms. The van der Waals surface area contributed by atoms with Gasteiger partial charge in [0.1, 0.15) is 5.82 Å². The highest BCUT2D eigenvalue weighted by molar-refractivity contribution is 5.56. The Balaban J connectivity index is 1.71. The predicted molar refractivity (Wildman–Crippen MR) is 154 cm³/mol. The van der Waals surface area contributed by atoms with Crippen molar-refractivity contribution in [3.05, 3.63) is 77.6 Å². The molecule has 0 radical (unpaired) electrons. The maximum absolute atomic E-state index is 9.54. The van der Waals surface area contributed by atoms with Crippen LogP contribution in [0.1, 0.15) is 101 Å². The quantitative estimate of drug-likeness (QED) is 0.242. The first-order valence-electron chi connectivity index (χ1n) is 14.8. The standard InChI is InChI=1S/C33H47N3O/c1-3-5-17-31(32-23-34-33(36(32)22-6-4-2)30-15-11-8-12-16-30)35(24-27-13-9-7-10-14-27)25-28-18-20-29(26-37)21-19-28/h8,11-12,15-16,18-21,23,27,31,37H,3-7,9-10,13-14,17,22,24-26H2,1-2H3. The van der Waals surface area contributed by atoms with Gasteiger partial charge in [-0.3, -0.25) is 4.90 Å². The van der Waals surface area contributed by atoms with E-state index in [9.17, 15) is 5.11 Å². The van der Waals surface area contributed by atoms with Crippen LogP contribution in [0, 0.1) is 5.92 Å². The summed E-state index contributed by atoms with van der Waals surface area (Å²) < 4.78 is 2.53. The second kappa shape index (κ2) is 14.5. The maximum Gasteiger partial charge on any atom is 0.140 e. The molecule has 1 saturated carbocycles. The molecule has 1 fully saturated rings. The fraction of sp³-hybridized carbons (Fsp3) is 0.545. The zero-order valence-corrected chi connectivity index (χ0v) is 23.1. The summed E-state index contributed by atoms with van der Waals surface area (Å²) in [4.78, 5) is 7.81. The van der Waals surface area contributed by atoms with Crippen molar-refractivity contribution in [3.8, 4) is 11.4 Å². The lowest BCUT2D eigenvalue weighted by atomic mass is 9.88. The van der Waals surface area contributed by atoms with Gasteiger partial charge < -0.3 is 9.67 Å². The number of imidazole rings is 1. The van der Waals surface area contributed by atoms with Crippen LogP contribution >= 0.6 is 0 Å². The zero-order chi connectivity index (χ0) is 25.9. The lowest BCUT2D eigenvalue weighted by Crippen LogP contribution is -2.35. The third-order valence-corrected chi connectivity index (χ3v) is 8.08. The Kier molecular flexibility index (Phi) is 10.8. The van der Waals surface area contributed by atoms with Crippen LogP contribution in [0.15, 0.2) is 60.8 Å². The molecule has 1 aliphatic carbocycles. The minimum Gasteiger partial charge on any atom is -0.392 e. The fourth-order valence-electron chi connectivity index (χ4n) is 5.93. The molecule has 4 rings (SSSR count). The van der Waals surface area contributed by atoms with Gasteiger partial charge in [0, 0.05) is 25.2 Å². The number of benzene rings is 2. The number of hydrogen-bond acceptors (Lipinski definition) is 3. The van der Waals surface area contributed by atoms with E-state index in [1.54, 1.807) is 0 Å². The van der Waals surface area contributed by atoms with E-state index in [1.165, 1.54) is 68.2 Å². The van der Waals surface area contributed by atoms with Gasteiger partial charge in [0.2, 0.25) is 0 Å². The molecule has 37 heavy (non-hydrogen) atoms. The number of aliphatic hydroxyl groups is 1. The SMILES string of the molecule is CCCCC(c1cnc(-c2ccccc2)n1CCCC)N(Cc1ccc(CO)cc1)CC1CCCCC1. The molecule has 0 saturated heterocycles. The van der Waals surface area contributed by atoms with Crippen LogP contribution in [0.2, 0.25) is 0 Å². The van der Waals surface area contributed by atoms with E-state index in [0.29, 0.717) is 6.04 Å². The number of nitrogens with zero attached hydrogens (tertiary/aromatic N) is 3. The number of unbranched alkanes of at least 4 members (excludes halogenated alkanes) is 2. The maximum atomic E-state index is 9.54. The molecular weight excluding hydrogens is 454 g/mol. The van der Waals surface area contributed by atoms with Gasteiger partial charge in [-0.15, -0.1) is 0 Å². The molecule has 1 heterocycles. The highest BCUT2D eigenvalue weighted by Crippen LogP contribution is 2.35. The van der Waals surface area contributed by atoms with Crippen molar-refractivity contribution in [2.45, 2.75) is 104 Å². The molecule has 200 valence electrons. The Hall–Kier alpha value is -2.43. The summed E-state index contributed by atoms with van der Waals surface area (Å²) in [5.41, 5.74) is 4.90. The van der Waals surface area contributed by atoms with E-state index in [2.05, 4.69) is 84.1 Å². The monoisotopic (exact) mass is 501 g/mol. The number of aliphatic hydroxyl groups excluding tert-OH is 1. The summed E-state index contributed by atoms with van der Waals surface area (Å²) in [6.45, 7) is 7.79. The van der Waals surface area contributed by atoms with Crippen molar-refractivity contribution in [1.82, 2.24) is 14.5 Å². The molecule has 0 spiro atoms. The fourth-order valence-corrected chi connectivity index (χ4v) is 5.93. The molecule has 1 unspecified atom stereocenters. The van der Waals surface area contributed by atoms with Crippen molar-refractivity contribution in [2.24, 2.45) is 5.92 Å². The van der Waals surface area contributed by atoms with Crippen LogP contribution in [0.3, 0.4) is 0 Å². The Bertz CT molecular complexity index is 1040. The van der Waals surface area contributed by atoms with E-state index in [4.69, 9.17) is 4.98 Å². The van der Waals surface area contributed by atoms with Crippen LogP contribution < -0.4 is 0 Å². The molecule has 1 aromatic heterocycles. The van der Waals surface area contributed by atoms with Gasteiger partial charge in [0.25, 0.3) is 0 Å². The molecular formula is C33H47N3O. The van der Waals surface area contributed by atoms with E-state index in [0.717, 1.165) is 49.8 Å². The average Bonchev–Trinajstić information content (AvgIpc) is 3.37. The van der Waals surface area contributed by atoms with Crippen LogP contribution in [0.5, 0.6) is 0 Å². The predicted octanol–water partition coefficient (Wildman–Crippen LogP) is 8.16. The highest BCUT2D eigenvalue weighted by atomic mass is 16.3. The smallest absolute Gasteiger partial charge is 0.140 e. The van der Waals surface area contributed by atoms with E-state index in [1.807, 2.05) is 0 Å². The van der Waals surface area contributed by atoms with Crippen molar-refractivity contribution in [1.29, 1.82) is 0 Å². The Morgan fingerprint density at radius 3 is 2.30 bits per heavy atom. The highest BCUT2D eigenvalue weighted by Gasteiger charge is 2.28. The molecule has 2 aromatic carbocycles. The van der Waals surface area contributed by atoms with Crippen molar-refractivity contribution >= 4 is 0 Å². The van der Waals surface area contributed by atoms with Crippen LogP contribution in [0.25, 0.3) is 11.4 Å². The van der Waals surface area contributed by atoms with Crippen LogP contribution in [-0.4, -0.2) is 26.1 Å². The molecule has 0 amide bonds. The molecule has 4 nitrogen and oxygen atoms in total. The van der Waals surface area contributed by atoms with Gasteiger partial charge in [-0.2, -0.15) is 0 Å². The molecule has 0 bridgehead atoms. The summed E-state index contributed by atoms with van der Waals surface area (Å²) in [7, 11) is 0. The van der Waals surface area contributed by atoms with E-state index >= 15 is 0 Å². The number of rotatable bonds is 14. The van der Waals surface area contributed by atoms with Gasteiger partial charge in [-0.1, -0.05) is 107 Å². The summed E-state index contributed by atoms with van der Waals surface area (Å²) in [5, 5.41) is 9.54. The normalized spacial score (nSPS) is 15.4. The van der Waals surface area contributed by atoms with Gasteiger partial charge in [0.05, 0.1) is 24.5 Å². The first-order valence-corrected chi connectivity index (χ1v) is 14.8. The summed E-state index contributed by atoms with van der Waals surface area (Å²) in [6.07, 6.45) is 14.9. The van der Waals surface area contributed by atoms with Gasteiger partial charge in [0.15, 0.2) is 0 Å². The van der Waals surface area contributed by atoms with Gasteiger partial charge >= 0.3 is 0 Å². The second-order valence-electron chi connectivity index (χ2n) is 10.9. The third kappa shape index (κ3) is 7.55. The van der Waals surface area contributed by atoms with Crippen molar-refractivity contribution < 1.29 is 5.11 Å². The van der Waals surface area contributed by atoms with Gasteiger partial charge in [-0.25, -0.2) is 4.98 Å². The topological polar surface area (TPSA) is 41.3 Å². The van der Waals surface area contributed by atoms with Crippen molar-refractivity contribution in [2.75, 3.05) is 6.54 Å². The number of aromatic nitrogens is 2. The van der Waals surface area contributed by atoms with Crippen LogP contribution in [-0.2, 0) is 19.7 Å². The molecule has 3 aromatic rings. The molecule has 0 aliphatic heterocycles. The minimum atomic E-state index is 0.101. The van der Waals surface area contributed by atoms with E-state index in [-0.39, 0.29) is 6.61 Å². The zero-order valence-electron chi connectivity index (χ0n) is 23.1. The summed E-state index contributed by atoms with van der Waals surface area (Å²) in [5.74, 6) is 1.88. The Labute approximate surface area is 224 Å². The molecule has 1 N–H and O–H groups in total. The Morgan fingerprint density at radius 1 is 0.919 bits per heavy atom. The molecule has 1 atom stereocenters. The lowest BCUT2D eigenvalue weighted by Gasteiger charge is -2.36. The third-order valence-electron chi connectivity index (χ3n) is 8.08. The Morgan fingerprint density at radius 2 is 1.62 bits per heavy atom. The largest absolute Gasteiger partial charge is 0.392 e. The molecule has 1 aliphatic rings. The van der Waals surface area contributed by atoms with Crippen molar-refractivity contribution in [3.63, 3.8) is 0 Å². The second-order valence-corrected chi connectivity index (χ2v) is 10.9. The summed E-state index contributed by atoms with van der Waals surface area (Å²) in [6, 6.07) is 19.6. The minimum absolute atomic E-state index is 0.101. The van der Waals surface area contributed by atoms with Gasteiger partial charge in [-0.05, 0) is 42.7 Å². The summed E-state index contributed by atoms with van der Waals surface area (Å²) >= 11 is 0. The number of hydrogen-bond donors (Lipinski definition) is 1. The van der Waals surface area contributed by atoms with Crippen LogP contribution in [0.4, 0.5) is 0 Å². The first-order chi connectivity index (χ1) is 18.2. The average molecular weight is 502 g/mol. The lowest BCUT2D eigenvalue weighted by molar-refractivity contribution is 0.127. The van der Waals surface area contributed by atoms with E-state index < -0.39 is 0 Å². The first kappa shape index (κ1) is 27.6.